The van der Waals surface area contributed by atoms with Gasteiger partial charge < -0.3 is 10.5 Å². The molecule has 0 atom stereocenters. The van der Waals surface area contributed by atoms with Crippen LogP contribution in [-0.2, 0) is 0 Å². The summed E-state index contributed by atoms with van der Waals surface area (Å²) >= 11 is 0. The van der Waals surface area contributed by atoms with Crippen LogP contribution in [0.5, 0.6) is 5.75 Å². The van der Waals surface area contributed by atoms with Gasteiger partial charge >= 0.3 is 0 Å². The Morgan fingerprint density at radius 1 is 1.00 bits per heavy atom. The highest BCUT2D eigenvalue weighted by molar-refractivity contribution is 5.85. The molecule has 4 heteroatoms. The lowest BCUT2D eigenvalue weighted by Gasteiger charge is -2.08. The maximum absolute atomic E-state index is 12.3. The summed E-state index contributed by atoms with van der Waals surface area (Å²) in [6.07, 6.45) is 0.498. The van der Waals surface area contributed by atoms with E-state index in [1.165, 1.54) is 0 Å². The highest BCUT2D eigenvalue weighted by atomic mass is 35.5. The molecule has 0 radical (unpaired) electrons. The van der Waals surface area contributed by atoms with Crippen LogP contribution in [0.4, 0.5) is 4.39 Å². The summed E-state index contributed by atoms with van der Waals surface area (Å²) in [6.45, 7) is 0.344. The summed E-state index contributed by atoms with van der Waals surface area (Å²) in [4.78, 5) is 0. The summed E-state index contributed by atoms with van der Waals surface area (Å²) in [6, 6.07) is 17.8. The Labute approximate surface area is 124 Å². The van der Waals surface area contributed by atoms with Crippen molar-refractivity contribution in [1.29, 1.82) is 0 Å². The molecule has 0 bridgehead atoms. The Bertz CT molecular complexity index is 540. The van der Waals surface area contributed by atoms with Crippen molar-refractivity contribution < 1.29 is 9.13 Å². The Hall–Kier alpha value is -1.84. The molecule has 0 amide bonds. The van der Waals surface area contributed by atoms with Crippen molar-refractivity contribution in [3.05, 3.63) is 66.5 Å². The number of hydrogen-bond donors (Lipinski definition) is 1. The lowest BCUT2D eigenvalue weighted by Crippen LogP contribution is -2.10. The van der Waals surface area contributed by atoms with Gasteiger partial charge in [-0.1, -0.05) is 42.5 Å². The molecule has 2 aromatic carbocycles. The smallest absolute Gasteiger partial charge is 0.119 e. The van der Waals surface area contributed by atoms with Gasteiger partial charge in [0.25, 0.3) is 0 Å². The number of ether oxygens (including phenoxy) is 1. The first-order valence-corrected chi connectivity index (χ1v) is 6.10. The fourth-order valence-electron chi connectivity index (χ4n) is 1.69. The molecular weight excluding hydrogens is 277 g/mol. The van der Waals surface area contributed by atoms with Crippen LogP contribution < -0.4 is 10.5 Å². The molecule has 0 aliphatic carbocycles. The normalized spacial score (nSPS) is 10.8. The second-order valence-electron chi connectivity index (χ2n) is 4.15. The molecule has 0 aromatic heterocycles. The average molecular weight is 294 g/mol. The minimum Gasteiger partial charge on any atom is -0.489 e. The van der Waals surface area contributed by atoms with Gasteiger partial charge in [0.1, 0.15) is 12.4 Å². The van der Waals surface area contributed by atoms with Crippen molar-refractivity contribution in [1.82, 2.24) is 0 Å². The highest BCUT2D eigenvalue weighted by Crippen LogP contribution is 2.22. The molecule has 0 saturated heterocycles. The third-order valence-corrected chi connectivity index (χ3v) is 2.80. The summed E-state index contributed by atoms with van der Waals surface area (Å²) in [5.74, 6) is 0.701. The van der Waals surface area contributed by atoms with Gasteiger partial charge in [-0.15, -0.1) is 12.4 Å². The van der Waals surface area contributed by atoms with Gasteiger partial charge in [0, 0.05) is 12.1 Å². The van der Waals surface area contributed by atoms with Gasteiger partial charge in [-0.2, -0.15) is 0 Å². The van der Waals surface area contributed by atoms with Crippen LogP contribution in [0.2, 0.25) is 0 Å². The van der Waals surface area contributed by atoms with E-state index in [1.807, 2.05) is 54.6 Å². The first kappa shape index (κ1) is 16.2. The predicted molar refractivity (Wildman–Crippen MR) is 82.9 cm³/mol. The predicted octanol–water partition coefficient (Wildman–Crippen LogP) is 3.97. The zero-order chi connectivity index (χ0) is 13.5. The zero-order valence-electron chi connectivity index (χ0n) is 11.0. The van der Waals surface area contributed by atoms with Crippen LogP contribution in [0.1, 0.15) is 0 Å². The maximum atomic E-state index is 12.3. The molecule has 2 aromatic rings. The Kier molecular flexibility index (Phi) is 6.77. The summed E-state index contributed by atoms with van der Waals surface area (Å²) in [5.41, 5.74) is 8.07. The summed E-state index contributed by atoms with van der Waals surface area (Å²) in [7, 11) is 0. The van der Waals surface area contributed by atoms with Crippen LogP contribution in [0.3, 0.4) is 0 Å². The van der Waals surface area contributed by atoms with E-state index in [0.29, 0.717) is 17.7 Å². The van der Waals surface area contributed by atoms with Crippen LogP contribution in [0, 0.1) is 0 Å². The number of rotatable bonds is 5. The first-order chi connectivity index (χ1) is 9.33. The molecule has 0 aliphatic heterocycles. The van der Waals surface area contributed by atoms with Gasteiger partial charge in [0.05, 0.1) is 6.33 Å². The second kappa shape index (κ2) is 8.35. The molecule has 0 spiro atoms. The van der Waals surface area contributed by atoms with E-state index < -0.39 is 0 Å². The van der Waals surface area contributed by atoms with Gasteiger partial charge in [-0.25, -0.2) is 4.39 Å². The molecule has 2 nitrogen and oxygen atoms in total. The lowest BCUT2D eigenvalue weighted by atomic mass is 10.1. The second-order valence-corrected chi connectivity index (χ2v) is 4.15. The molecule has 0 aliphatic rings. The third kappa shape index (κ3) is 4.37. The number of nitrogens with two attached hydrogens (primary N) is 1. The molecule has 20 heavy (non-hydrogen) atoms. The lowest BCUT2D eigenvalue weighted by molar-refractivity contribution is 0.347. The van der Waals surface area contributed by atoms with Crippen LogP contribution in [0.15, 0.2) is 66.5 Å². The van der Waals surface area contributed by atoms with E-state index in [-0.39, 0.29) is 25.6 Å². The molecular formula is C16H17ClFNO. The molecule has 0 unspecified atom stereocenters. The van der Waals surface area contributed by atoms with E-state index in [0.717, 1.165) is 11.1 Å². The molecule has 106 valence electrons. The van der Waals surface area contributed by atoms with E-state index in [4.69, 9.17) is 10.5 Å². The highest BCUT2D eigenvalue weighted by Gasteiger charge is 2.00. The van der Waals surface area contributed by atoms with Crippen molar-refractivity contribution in [3.63, 3.8) is 0 Å². The van der Waals surface area contributed by atoms with Crippen molar-refractivity contribution >= 4 is 12.4 Å². The van der Waals surface area contributed by atoms with E-state index in [1.54, 1.807) is 0 Å². The Morgan fingerprint density at radius 3 is 2.15 bits per heavy atom. The van der Waals surface area contributed by atoms with Crippen molar-refractivity contribution in [2.24, 2.45) is 5.73 Å². The third-order valence-electron chi connectivity index (χ3n) is 2.80. The molecule has 0 heterocycles. The number of hydrogen-bond acceptors (Lipinski definition) is 2. The largest absolute Gasteiger partial charge is 0.489 e. The van der Waals surface area contributed by atoms with Gasteiger partial charge in [-0.05, 0) is 23.3 Å². The summed E-state index contributed by atoms with van der Waals surface area (Å²) < 4.78 is 17.8. The first-order valence-electron chi connectivity index (χ1n) is 6.10. The summed E-state index contributed by atoms with van der Waals surface area (Å²) in [5, 5.41) is 0. The standard InChI is InChI=1S/C16H16FNO.ClH/c17-10-13(11-18)12-19-16-8-6-15(7-9-16)14-4-2-1-3-5-14;/h1-10H,11-12,18H2;1H/b13-10-;. The SMILES string of the molecule is Cl.NC/C(=C/F)COc1ccc(-c2ccccc2)cc1. The zero-order valence-corrected chi connectivity index (χ0v) is 11.8. The minimum atomic E-state index is 0. The van der Waals surface area contributed by atoms with Crippen molar-refractivity contribution in [3.8, 4) is 16.9 Å². The fraction of sp³-hybridized carbons (Fsp3) is 0.125. The van der Waals surface area contributed by atoms with E-state index in [2.05, 4.69) is 0 Å². The number of halogens is 2. The van der Waals surface area contributed by atoms with Crippen LogP contribution >= 0.6 is 12.4 Å². The monoisotopic (exact) mass is 293 g/mol. The van der Waals surface area contributed by atoms with Crippen LogP contribution in [-0.4, -0.2) is 13.2 Å². The Balaban J connectivity index is 0.00000200. The molecule has 0 saturated carbocycles. The van der Waals surface area contributed by atoms with Gasteiger partial charge in [-0.3, -0.25) is 0 Å². The molecule has 2 N–H and O–H groups in total. The minimum absolute atomic E-state index is 0. The average Bonchev–Trinajstić information content (AvgIpc) is 2.50. The fourth-order valence-corrected chi connectivity index (χ4v) is 1.69. The van der Waals surface area contributed by atoms with Gasteiger partial charge in [0.2, 0.25) is 0 Å². The van der Waals surface area contributed by atoms with Crippen molar-refractivity contribution in [2.45, 2.75) is 0 Å². The Morgan fingerprint density at radius 2 is 1.60 bits per heavy atom. The van der Waals surface area contributed by atoms with Crippen molar-refractivity contribution in [2.75, 3.05) is 13.2 Å². The topological polar surface area (TPSA) is 35.2 Å². The molecule has 2 rings (SSSR count). The molecule has 0 fully saturated rings. The van der Waals surface area contributed by atoms with E-state index >= 15 is 0 Å². The quantitative estimate of drug-likeness (QED) is 0.905. The van der Waals surface area contributed by atoms with E-state index in [9.17, 15) is 4.39 Å². The van der Waals surface area contributed by atoms with Crippen LogP contribution in [0.25, 0.3) is 11.1 Å². The maximum Gasteiger partial charge on any atom is 0.119 e. The van der Waals surface area contributed by atoms with Gasteiger partial charge in [0.15, 0.2) is 0 Å². The number of benzene rings is 2.